The fourth-order valence-corrected chi connectivity index (χ4v) is 2.96. The summed E-state index contributed by atoms with van der Waals surface area (Å²) in [5, 5.41) is 3.66. The average molecular weight is 395 g/mol. The standard InChI is InChI=1S/C19H20Cl2N2O3/c1-3-26-18-7-5-4-6-17(18)22-19(25)8-9-23(13(2)24)16-11-14(20)10-15(21)12-16/h4-7,10-12H,3,8-9H2,1-2H3,(H,22,25). The Labute approximate surface area is 162 Å². The molecule has 0 aliphatic rings. The predicted octanol–water partition coefficient (Wildman–Crippen LogP) is 4.77. The lowest BCUT2D eigenvalue weighted by Crippen LogP contribution is -2.32. The van der Waals surface area contributed by atoms with E-state index >= 15 is 0 Å². The Hall–Kier alpha value is -2.24. The van der Waals surface area contributed by atoms with Crippen LogP contribution in [0.25, 0.3) is 0 Å². The molecule has 0 unspecified atom stereocenters. The number of hydrogen-bond donors (Lipinski definition) is 1. The maximum Gasteiger partial charge on any atom is 0.226 e. The molecule has 2 aromatic carbocycles. The lowest BCUT2D eigenvalue weighted by molar-refractivity contribution is -0.117. The summed E-state index contributed by atoms with van der Waals surface area (Å²) >= 11 is 12.0. The van der Waals surface area contributed by atoms with Crippen molar-refractivity contribution < 1.29 is 14.3 Å². The smallest absolute Gasteiger partial charge is 0.226 e. The van der Waals surface area contributed by atoms with Crippen LogP contribution in [0, 0.1) is 0 Å². The van der Waals surface area contributed by atoms with Crippen molar-refractivity contribution in [3.8, 4) is 5.75 Å². The zero-order valence-corrected chi connectivity index (χ0v) is 16.1. The van der Waals surface area contributed by atoms with E-state index < -0.39 is 0 Å². The van der Waals surface area contributed by atoms with E-state index in [0.717, 1.165) is 0 Å². The average Bonchev–Trinajstić information content (AvgIpc) is 2.56. The molecular weight excluding hydrogens is 375 g/mol. The fourth-order valence-electron chi connectivity index (χ4n) is 2.44. The SMILES string of the molecule is CCOc1ccccc1NC(=O)CCN(C(C)=O)c1cc(Cl)cc(Cl)c1. The lowest BCUT2D eigenvalue weighted by Gasteiger charge is -2.21. The summed E-state index contributed by atoms with van der Waals surface area (Å²) in [6.45, 7) is 4.01. The molecule has 0 fully saturated rings. The van der Waals surface area contributed by atoms with Crippen molar-refractivity contribution in [1.82, 2.24) is 0 Å². The zero-order valence-electron chi connectivity index (χ0n) is 14.6. The number of para-hydroxylation sites is 2. The van der Waals surface area contributed by atoms with Gasteiger partial charge in [0, 0.05) is 35.6 Å². The molecule has 0 bridgehead atoms. The van der Waals surface area contributed by atoms with Gasteiger partial charge in [0.2, 0.25) is 11.8 Å². The number of carbonyl (C=O) groups excluding carboxylic acids is 2. The van der Waals surface area contributed by atoms with Crippen molar-refractivity contribution in [2.45, 2.75) is 20.3 Å². The molecule has 138 valence electrons. The Morgan fingerprint density at radius 1 is 1.12 bits per heavy atom. The highest BCUT2D eigenvalue weighted by atomic mass is 35.5. The second kappa shape index (κ2) is 9.46. The molecule has 0 aliphatic carbocycles. The number of ether oxygens (including phenoxy) is 1. The number of hydrogen-bond acceptors (Lipinski definition) is 3. The van der Waals surface area contributed by atoms with Gasteiger partial charge in [0.05, 0.1) is 12.3 Å². The first-order valence-electron chi connectivity index (χ1n) is 8.16. The number of carbonyl (C=O) groups is 2. The van der Waals surface area contributed by atoms with Crippen molar-refractivity contribution >= 4 is 46.4 Å². The highest BCUT2D eigenvalue weighted by Crippen LogP contribution is 2.26. The Morgan fingerprint density at radius 3 is 2.38 bits per heavy atom. The van der Waals surface area contributed by atoms with E-state index in [9.17, 15) is 9.59 Å². The minimum Gasteiger partial charge on any atom is -0.492 e. The third-order valence-corrected chi connectivity index (χ3v) is 4.00. The van der Waals surface area contributed by atoms with E-state index in [1.54, 1.807) is 30.3 Å². The van der Waals surface area contributed by atoms with Crippen LogP contribution in [0.1, 0.15) is 20.3 Å². The van der Waals surface area contributed by atoms with Gasteiger partial charge in [-0.25, -0.2) is 0 Å². The minimum absolute atomic E-state index is 0.115. The number of halogens is 2. The molecule has 0 radical (unpaired) electrons. The summed E-state index contributed by atoms with van der Waals surface area (Å²) in [5.41, 5.74) is 1.15. The van der Waals surface area contributed by atoms with E-state index in [-0.39, 0.29) is 24.8 Å². The van der Waals surface area contributed by atoms with Crippen molar-refractivity contribution in [3.63, 3.8) is 0 Å². The van der Waals surface area contributed by atoms with Crippen LogP contribution in [0.15, 0.2) is 42.5 Å². The molecule has 0 aliphatic heterocycles. The van der Waals surface area contributed by atoms with Crippen molar-refractivity contribution in [2.75, 3.05) is 23.4 Å². The number of benzene rings is 2. The van der Waals surface area contributed by atoms with E-state index in [2.05, 4.69) is 5.32 Å². The monoisotopic (exact) mass is 394 g/mol. The van der Waals surface area contributed by atoms with Crippen LogP contribution in [0.3, 0.4) is 0 Å². The molecule has 0 heterocycles. The number of anilines is 2. The van der Waals surface area contributed by atoms with Gasteiger partial charge in [0.15, 0.2) is 0 Å². The predicted molar refractivity (Wildman–Crippen MR) is 105 cm³/mol. The molecule has 0 saturated carbocycles. The Kier molecular flexibility index (Phi) is 7.30. The van der Waals surface area contributed by atoms with Crippen LogP contribution < -0.4 is 15.0 Å². The molecular formula is C19H20Cl2N2O3. The van der Waals surface area contributed by atoms with E-state index in [1.807, 2.05) is 19.1 Å². The number of nitrogens with zero attached hydrogens (tertiary/aromatic N) is 1. The molecule has 2 aromatic rings. The number of rotatable bonds is 7. The van der Waals surface area contributed by atoms with E-state index in [0.29, 0.717) is 33.8 Å². The molecule has 0 atom stereocenters. The highest BCUT2D eigenvalue weighted by Gasteiger charge is 2.15. The lowest BCUT2D eigenvalue weighted by atomic mass is 10.2. The third-order valence-electron chi connectivity index (χ3n) is 3.56. The van der Waals surface area contributed by atoms with Gasteiger partial charge in [-0.05, 0) is 37.3 Å². The van der Waals surface area contributed by atoms with Crippen molar-refractivity contribution in [1.29, 1.82) is 0 Å². The fraction of sp³-hybridized carbons (Fsp3) is 0.263. The van der Waals surface area contributed by atoms with Crippen LogP contribution in [0.2, 0.25) is 10.0 Å². The number of nitrogens with one attached hydrogen (secondary N) is 1. The Bertz CT molecular complexity index is 776. The maximum absolute atomic E-state index is 12.3. The van der Waals surface area contributed by atoms with Crippen LogP contribution in [0.5, 0.6) is 5.75 Å². The minimum atomic E-state index is -0.225. The van der Waals surface area contributed by atoms with Crippen molar-refractivity contribution in [3.05, 3.63) is 52.5 Å². The maximum atomic E-state index is 12.3. The molecule has 0 saturated heterocycles. The summed E-state index contributed by atoms with van der Waals surface area (Å²) in [5.74, 6) is 0.177. The molecule has 2 amide bonds. The topological polar surface area (TPSA) is 58.6 Å². The third kappa shape index (κ3) is 5.64. The normalized spacial score (nSPS) is 10.3. The zero-order chi connectivity index (χ0) is 19.1. The molecule has 0 spiro atoms. The van der Waals surface area contributed by atoms with Gasteiger partial charge in [-0.3, -0.25) is 9.59 Å². The molecule has 26 heavy (non-hydrogen) atoms. The number of amides is 2. The molecule has 7 heteroatoms. The van der Waals surface area contributed by atoms with Gasteiger partial charge in [-0.2, -0.15) is 0 Å². The largest absolute Gasteiger partial charge is 0.492 e. The summed E-state index contributed by atoms with van der Waals surface area (Å²) in [4.78, 5) is 25.7. The summed E-state index contributed by atoms with van der Waals surface area (Å²) in [6.07, 6.45) is 0.115. The molecule has 1 N–H and O–H groups in total. The van der Waals surface area contributed by atoms with Gasteiger partial charge < -0.3 is 15.0 Å². The second-order valence-corrected chi connectivity index (χ2v) is 6.40. The first-order valence-corrected chi connectivity index (χ1v) is 8.92. The first kappa shape index (κ1) is 20.1. The highest BCUT2D eigenvalue weighted by molar-refractivity contribution is 6.35. The van der Waals surface area contributed by atoms with E-state index in [4.69, 9.17) is 27.9 Å². The molecule has 2 rings (SSSR count). The van der Waals surface area contributed by atoms with E-state index in [1.165, 1.54) is 11.8 Å². The first-order chi connectivity index (χ1) is 12.4. The summed E-state index contributed by atoms with van der Waals surface area (Å²) < 4.78 is 5.49. The second-order valence-electron chi connectivity index (χ2n) is 5.53. The Morgan fingerprint density at radius 2 is 1.77 bits per heavy atom. The van der Waals surface area contributed by atoms with Crippen LogP contribution >= 0.6 is 23.2 Å². The van der Waals surface area contributed by atoms with Crippen LogP contribution in [-0.2, 0) is 9.59 Å². The van der Waals surface area contributed by atoms with Gasteiger partial charge in [0.25, 0.3) is 0 Å². The van der Waals surface area contributed by atoms with Crippen LogP contribution in [0.4, 0.5) is 11.4 Å². The summed E-state index contributed by atoms with van der Waals surface area (Å²) in [6, 6.07) is 12.1. The van der Waals surface area contributed by atoms with Gasteiger partial charge in [0.1, 0.15) is 5.75 Å². The summed E-state index contributed by atoms with van der Waals surface area (Å²) in [7, 11) is 0. The van der Waals surface area contributed by atoms with Gasteiger partial charge >= 0.3 is 0 Å². The molecule has 0 aromatic heterocycles. The van der Waals surface area contributed by atoms with Gasteiger partial charge in [-0.15, -0.1) is 0 Å². The van der Waals surface area contributed by atoms with Gasteiger partial charge in [-0.1, -0.05) is 35.3 Å². The van der Waals surface area contributed by atoms with Crippen molar-refractivity contribution in [2.24, 2.45) is 0 Å². The van der Waals surface area contributed by atoms with Crippen LogP contribution in [-0.4, -0.2) is 25.0 Å². The Balaban J connectivity index is 2.05. The molecule has 5 nitrogen and oxygen atoms in total. The quantitative estimate of drug-likeness (QED) is 0.735.